The van der Waals surface area contributed by atoms with Crippen molar-refractivity contribution in [1.29, 1.82) is 0 Å². The molecule has 0 radical (unpaired) electrons. The molecule has 2 aromatic rings. The van der Waals surface area contributed by atoms with E-state index in [1.165, 1.54) is 19.2 Å². The van der Waals surface area contributed by atoms with E-state index < -0.39 is 23.2 Å². The Kier molecular flexibility index (Phi) is 5.74. The first-order valence-corrected chi connectivity index (χ1v) is 8.14. The largest absolute Gasteiger partial charge is 0.497 e. The number of ether oxygens (including phenoxy) is 1. The number of rotatable bonds is 6. The molecule has 8 nitrogen and oxygen atoms in total. The quantitative estimate of drug-likeness (QED) is 0.793. The molecule has 0 atom stereocenters. The minimum Gasteiger partial charge on any atom is -0.497 e. The van der Waals surface area contributed by atoms with Crippen LogP contribution in [-0.2, 0) is 0 Å². The lowest BCUT2D eigenvalue weighted by molar-refractivity contribution is 0.0775. The van der Waals surface area contributed by atoms with Gasteiger partial charge in [0.15, 0.2) is 0 Å². The lowest BCUT2D eigenvalue weighted by atomic mass is 10.3. The topological polar surface area (TPSA) is 92.3 Å². The number of carbonyl (C=O) groups excluding carboxylic acids is 2. The Labute approximate surface area is 144 Å². The molecule has 134 valence electrons. The molecule has 0 bridgehead atoms. The van der Waals surface area contributed by atoms with Gasteiger partial charge in [0.05, 0.1) is 12.8 Å². The summed E-state index contributed by atoms with van der Waals surface area (Å²) >= 11 is 0. The van der Waals surface area contributed by atoms with E-state index in [4.69, 9.17) is 4.74 Å². The van der Waals surface area contributed by atoms with Crippen molar-refractivity contribution in [1.82, 2.24) is 13.9 Å². The SMILES string of the molecule is CCCC(=O)n1c(=O)n(-c2ccc(OC)cc2)c(=O)n1C(=O)CCC. The van der Waals surface area contributed by atoms with Gasteiger partial charge in [-0.25, -0.2) is 14.2 Å². The molecule has 0 aliphatic rings. The van der Waals surface area contributed by atoms with Crippen LogP contribution in [0.5, 0.6) is 5.75 Å². The molecule has 0 N–H and O–H groups in total. The highest BCUT2D eigenvalue weighted by atomic mass is 16.5. The third-order valence-electron chi connectivity index (χ3n) is 3.68. The van der Waals surface area contributed by atoms with Crippen molar-refractivity contribution in [3.05, 3.63) is 45.2 Å². The van der Waals surface area contributed by atoms with Crippen LogP contribution >= 0.6 is 0 Å². The molecular weight excluding hydrogens is 326 g/mol. The fraction of sp³-hybridized carbons (Fsp3) is 0.412. The van der Waals surface area contributed by atoms with Crippen LogP contribution in [0.4, 0.5) is 0 Å². The maximum atomic E-state index is 12.7. The minimum atomic E-state index is -0.849. The van der Waals surface area contributed by atoms with Gasteiger partial charge in [0.1, 0.15) is 5.75 Å². The van der Waals surface area contributed by atoms with Gasteiger partial charge in [0.25, 0.3) is 0 Å². The van der Waals surface area contributed by atoms with Crippen molar-refractivity contribution < 1.29 is 14.3 Å². The van der Waals surface area contributed by atoms with Crippen LogP contribution in [0, 0.1) is 0 Å². The minimum absolute atomic E-state index is 0.0609. The Morgan fingerprint density at radius 2 is 1.32 bits per heavy atom. The first-order chi connectivity index (χ1) is 12.0. The van der Waals surface area contributed by atoms with Crippen molar-refractivity contribution in [2.24, 2.45) is 0 Å². The Hall–Kier alpha value is -2.90. The average Bonchev–Trinajstić information content (AvgIpc) is 2.86. The van der Waals surface area contributed by atoms with E-state index in [9.17, 15) is 19.2 Å². The number of hydrogen-bond donors (Lipinski definition) is 0. The molecule has 8 heteroatoms. The number of benzene rings is 1. The van der Waals surface area contributed by atoms with Crippen LogP contribution in [-0.4, -0.2) is 32.9 Å². The molecule has 0 saturated carbocycles. The molecule has 0 aliphatic carbocycles. The fourth-order valence-electron chi connectivity index (χ4n) is 2.47. The van der Waals surface area contributed by atoms with Crippen molar-refractivity contribution in [2.45, 2.75) is 39.5 Å². The monoisotopic (exact) mass is 347 g/mol. The molecule has 0 amide bonds. The number of carbonyl (C=O) groups is 2. The highest BCUT2D eigenvalue weighted by Crippen LogP contribution is 2.12. The number of hydrogen-bond acceptors (Lipinski definition) is 5. The first-order valence-electron chi connectivity index (χ1n) is 8.14. The normalized spacial score (nSPS) is 10.7. The van der Waals surface area contributed by atoms with Gasteiger partial charge >= 0.3 is 11.4 Å². The van der Waals surface area contributed by atoms with Gasteiger partial charge in [0.2, 0.25) is 11.8 Å². The zero-order valence-corrected chi connectivity index (χ0v) is 14.5. The number of nitrogens with zero attached hydrogens (tertiary/aromatic N) is 3. The molecule has 2 rings (SSSR count). The summed E-state index contributed by atoms with van der Waals surface area (Å²) in [5.41, 5.74) is -1.44. The third kappa shape index (κ3) is 3.47. The Morgan fingerprint density at radius 1 is 0.880 bits per heavy atom. The summed E-state index contributed by atoms with van der Waals surface area (Å²) in [6, 6.07) is 6.21. The maximum absolute atomic E-state index is 12.7. The van der Waals surface area contributed by atoms with Crippen molar-refractivity contribution in [3.8, 4) is 11.4 Å². The lowest BCUT2D eigenvalue weighted by Gasteiger charge is -2.05. The lowest BCUT2D eigenvalue weighted by Crippen LogP contribution is -2.36. The van der Waals surface area contributed by atoms with Gasteiger partial charge in [-0.3, -0.25) is 9.59 Å². The molecule has 0 saturated heterocycles. The van der Waals surface area contributed by atoms with Gasteiger partial charge in [0, 0.05) is 12.8 Å². The molecular formula is C17H21N3O5. The van der Waals surface area contributed by atoms with Crippen LogP contribution in [0.25, 0.3) is 5.69 Å². The molecule has 0 aliphatic heterocycles. The molecule has 0 fully saturated rings. The van der Waals surface area contributed by atoms with E-state index in [0.29, 0.717) is 28.0 Å². The van der Waals surface area contributed by atoms with Gasteiger partial charge in [-0.1, -0.05) is 13.8 Å². The second-order valence-electron chi connectivity index (χ2n) is 5.51. The number of aromatic nitrogens is 3. The van der Waals surface area contributed by atoms with Crippen molar-refractivity contribution in [3.63, 3.8) is 0 Å². The molecule has 1 heterocycles. The summed E-state index contributed by atoms with van der Waals surface area (Å²) in [5, 5.41) is 0. The van der Waals surface area contributed by atoms with Gasteiger partial charge in [-0.15, -0.1) is 0 Å². The molecule has 1 aromatic carbocycles. The predicted molar refractivity (Wildman–Crippen MR) is 91.9 cm³/mol. The molecule has 25 heavy (non-hydrogen) atoms. The van der Waals surface area contributed by atoms with Gasteiger partial charge in [-0.2, -0.15) is 9.36 Å². The number of methoxy groups -OCH3 is 1. The fourth-order valence-corrected chi connectivity index (χ4v) is 2.47. The Morgan fingerprint density at radius 3 is 1.68 bits per heavy atom. The summed E-state index contributed by atoms with van der Waals surface area (Å²) in [7, 11) is 1.50. The standard InChI is InChI=1S/C17H21N3O5/c1-4-6-14(21)19-16(23)18(12-8-10-13(25-3)11-9-12)17(24)20(19)15(22)7-5-2/h8-11H,4-7H2,1-3H3. The van der Waals surface area contributed by atoms with Crippen LogP contribution in [0.15, 0.2) is 33.9 Å². The summed E-state index contributed by atoms with van der Waals surface area (Å²) in [5.74, 6) is -0.608. The third-order valence-corrected chi connectivity index (χ3v) is 3.68. The summed E-state index contributed by atoms with van der Waals surface area (Å²) in [6.45, 7) is 3.55. The van der Waals surface area contributed by atoms with Gasteiger partial charge < -0.3 is 4.74 Å². The predicted octanol–water partition coefficient (Wildman–Crippen LogP) is 1.69. The van der Waals surface area contributed by atoms with Crippen LogP contribution in [0.2, 0.25) is 0 Å². The van der Waals surface area contributed by atoms with Crippen LogP contribution in [0.1, 0.15) is 49.1 Å². The van der Waals surface area contributed by atoms with Crippen LogP contribution < -0.4 is 16.1 Å². The average molecular weight is 347 g/mol. The molecule has 0 spiro atoms. The van der Waals surface area contributed by atoms with E-state index >= 15 is 0 Å². The molecule has 1 aromatic heterocycles. The second kappa shape index (κ2) is 7.78. The van der Waals surface area contributed by atoms with Crippen molar-refractivity contribution in [2.75, 3.05) is 7.11 Å². The van der Waals surface area contributed by atoms with E-state index in [1.54, 1.807) is 26.0 Å². The van der Waals surface area contributed by atoms with E-state index in [1.807, 2.05) is 0 Å². The maximum Gasteiger partial charge on any atom is 0.359 e. The summed E-state index contributed by atoms with van der Waals surface area (Å²) in [6.07, 6.45) is 1.11. The smallest absolute Gasteiger partial charge is 0.359 e. The van der Waals surface area contributed by atoms with E-state index in [2.05, 4.69) is 0 Å². The summed E-state index contributed by atoms with van der Waals surface area (Å²) in [4.78, 5) is 50.0. The van der Waals surface area contributed by atoms with Crippen molar-refractivity contribution >= 4 is 11.8 Å². The van der Waals surface area contributed by atoms with E-state index in [-0.39, 0.29) is 18.5 Å². The first kappa shape index (κ1) is 18.4. The van der Waals surface area contributed by atoms with Gasteiger partial charge in [-0.05, 0) is 37.1 Å². The zero-order valence-electron chi connectivity index (χ0n) is 14.5. The second-order valence-corrected chi connectivity index (χ2v) is 5.51. The zero-order chi connectivity index (χ0) is 18.6. The Bertz CT molecular complexity index is 837. The summed E-state index contributed by atoms with van der Waals surface area (Å²) < 4.78 is 7.16. The Balaban J connectivity index is 2.71. The van der Waals surface area contributed by atoms with Crippen LogP contribution in [0.3, 0.4) is 0 Å². The van der Waals surface area contributed by atoms with E-state index in [0.717, 1.165) is 4.57 Å². The highest BCUT2D eigenvalue weighted by Gasteiger charge is 2.25. The molecule has 0 unspecified atom stereocenters. The highest BCUT2D eigenvalue weighted by molar-refractivity contribution is 5.84.